The molecule has 3 aromatic heterocycles. The fourth-order valence-electron chi connectivity index (χ4n) is 14.2. The van der Waals surface area contributed by atoms with E-state index in [4.69, 9.17) is 15.1 Å². The molecule has 9 aromatic rings. The Morgan fingerprint density at radius 2 is 1.45 bits per heavy atom. The number of nitrogens with zero attached hydrogens (tertiary/aromatic N) is 5. The van der Waals surface area contributed by atoms with Crippen LogP contribution in [-0.4, -0.2) is 63.6 Å². The highest BCUT2D eigenvalue weighted by Gasteiger charge is 2.71. The van der Waals surface area contributed by atoms with Gasteiger partial charge in [-0.1, -0.05) is 99.2 Å². The highest BCUT2D eigenvalue weighted by Crippen LogP contribution is 2.69. The second-order valence-electron chi connectivity index (χ2n) is 22.0. The van der Waals surface area contributed by atoms with Crippen LogP contribution in [0.25, 0.3) is 56.6 Å². The van der Waals surface area contributed by atoms with Gasteiger partial charge in [-0.2, -0.15) is 5.10 Å². The summed E-state index contributed by atoms with van der Waals surface area (Å²) in [5, 5.41) is 35.0. The second kappa shape index (κ2) is 17.2. The number of fused-ring (bicyclic) bond motifs is 8. The van der Waals surface area contributed by atoms with Crippen molar-refractivity contribution in [3.63, 3.8) is 0 Å². The molecule has 2 saturated carbocycles. The third-order valence-electron chi connectivity index (χ3n) is 17.6. The van der Waals surface area contributed by atoms with Gasteiger partial charge in [-0.3, -0.25) is 14.5 Å². The van der Waals surface area contributed by atoms with Crippen LogP contribution in [0.5, 0.6) is 0 Å². The molecule has 75 heavy (non-hydrogen) atoms. The highest BCUT2D eigenvalue weighted by atomic mass is 16.3. The van der Waals surface area contributed by atoms with Gasteiger partial charge in [-0.25, -0.2) is 14.6 Å². The van der Waals surface area contributed by atoms with E-state index in [1.807, 2.05) is 133 Å². The van der Waals surface area contributed by atoms with Crippen molar-refractivity contribution in [2.24, 2.45) is 34.5 Å². The normalized spacial score (nSPS) is 25.7. The van der Waals surface area contributed by atoms with E-state index in [0.29, 0.717) is 46.1 Å². The molecule has 0 aliphatic heterocycles. The molecule has 5 N–H and O–H groups in total. The van der Waals surface area contributed by atoms with Crippen LogP contribution in [0.2, 0.25) is 0 Å². The minimum Gasteiger partial charge on any atom is -0.393 e. The Bertz CT molecular complexity index is 3780. The maximum absolute atomic E-state index is 15.9. The van der Waals surface area contributed by atoms with Gasteiger partial charge in [0, 0.05) is 56.3 Å². The molecule has 12 heteroatoms. The van der Waals surface area contributed by atoms with Crippen molar-refractivity contribution in [2.75, 3.05) is 10.2 Å². The summed E-state index contributed by atoms with van der Waals surface area (Å²) in [4.78, 5) is 48.0. The molecule has 12 nitrogen and oxygen atoms in total. The first-order chi connectivity index (χ1) is 36.2. The van der Waals surface area contributed by atoms with Gasteiger partial charge in [0.1, 0.15) is 11.6 Å². The van der Waals surface area contributed by atoms with Gasteiger partial charge in [-0.15, -0.1) is 0 Å². The summed E-state index contributed by atoms with van der Waals surface area (Å²) in [6.07, 6.45) is 7.42. The number of anilines is 2. The van der Waals surface area contributed by atoms with E-state index in [9.17, 15) is 15.0 Å². The molecular weight excluding hydrogens is 933 g/mol. The lowest BCUT2D eigenvalue weighted by molar-refractivity contribution is -0.159. The summed E-state index contributed by atoms with van der Waals surface area (Å²) in [6, 6.07) is 46.2. The number of amides is 2. The van der Waals surface area contributed by atoms with Crippen LogP contribution in [0.1, 0.15) is 78.1 Å². The smallest absolute Gasteiger partial charge is 0.260 e. The van der Waals surface area contributed by atoms with Crippen molar-refractivity contribution >= 4 is 51.3 Å². The maximum atomic E-state index is 15.9. The molecule has 0 spiro atoms. The SMILES string of the molecule is CC1=CC2C(C(O)CC3(C)C2CC(C)C3(O)N(C(=O)c2ccc(C(=O)Nc3cccc(-c4nc5ccccc5[nH]4)c3)cc2C)c2cccc(-c3nc4ccccc4[nH]3)c2)C2(C)Cc3cnn(-c4ccccc4)c3C=C12. The van der Waals surface area contributed by atoms with Crippen LogP contribution in [0.4, 0.5) is 11.4 Å². The van der Waals surface area contributed by atoms with Crippen molar-refractivity contribution in [1.29, 1.82) is 0 Å². The predicted octanol–water partition coefficient (Wildman–Crippen LogP) is 12.1. The number of aromatic nitrogens is 6. The topological polar surface area (TPSA) is 165 Å². The number of rotatable bonds is 8. The first-order valence-electron chi connectivity index (χ1n) is 26.0. The van der Waals surface area contributed by atoms with Gasteiger partial charge in [0.2, 0.25) is 0 Å². The van der Waals surface area contributed by atoms with E-state index in [2.05, 4.69) is 67.3 Å². The molecule has 8 unspecified atom stereocenters. The molecule has 2 fully saturated rings. The fourth-order valence-corrected chi connectivity index (χ4v) is 14.2. The lowest BCUT2D eigenvalue weighted by Crippen LogP contribution is -2.67. The first kappa shape index (κ1) is 46.6. The van der Waals surface area contributed by atoms with Gasteiger partial charge in [-0.05, 0) is 147 Å². The molecule has 3 heterocycles. The number of H-pyrrole nitrogens is 2. The largest absolute Gasteiger partial charge is 0.393 e. The third kappa shape index (κ3) is 7.21. The first-order valence-corrected chi connectivity index (χ1v) is 26.0. The van der Waals surface area contributed by atoms with Crippen LogP contribution in [0, 0.1) is 41.4 Å². The highest BCUT2D eigenvalue weighted by molar-refractivity contribution is 6.10. The second-order valence-corrected chi connectivity index (χ2v) is 22.0. The molecule has 8 atom stereocenters. The molecule has 6 aromatic carbocycles. The van der Waals surface area contributed by atoms with Gasteiger partial charge in [0.25, 0.3) is 11.8 Å². The Morgan fingerprint density at radius 1 is 0.787 bits per heavy atom. The molecule has 4 aliphatic rings. The number of aromatic amines is 2. The lowest BCUT2D eigenvalue weighted by atomic mass is 9.46. The minimum absolute atomic E-state index is 0.0964. The van der Waals surface area contributed by atoms with Crippen molar-refractivity contribution in [1.82, 2.24) is 29.7 Å². The summed E-state index contributed by atoms with van der Waals surface area (Å²) in [5.74, 6) is -0.172. The zero-order chi connectivity index (χ0) is 51.5. The van der Waals surface area contributed by atoms with Gasteiger partial charge in [0.15, 0.2) is 5.72 Å². The number of hydrogen-bond acceptors (Lipinski definition) is 7. The number of allylic oxidation sites excluding steroid dienone is 3. The minimum atomic E-state index is -1.78. The number of nitrogens with one attached hydrogen (secondary N) is 3. The molecule has 2 amide bonds. The fraction of sp³-hybridized carbons (Fsp3) is 0.254. The van der Waals surface area contributed by atoms with Crippen molar-refractivity contribution < 1.29 is 19.8 Å². The molecule has 374 valence electrons. The number of carbonyl (C=O) groups is 2. The average molecular weight is 991 g/mol. The summed E-state index contributed by atoms with van der Waals surface area (Å²) < 4.78 is 2.01. The van der Waals surface area contributed by atoms with E-state index < -0.39 is 34.5 Å². The molecule has 0 bridgehead atoms. The number of aliphatic hydroxyl groups is 2. The van der Waals surface area contributed by atoms with Crippen LogP contribution in [0.3, 0.4) is 0 Å². The van der Waals surface area contributed by atoms with Gasteiger partial charge < -0.3 is 25.5 Å². The molecule has 4 aliphatic carbocycles. The average Bonchev–Trinajstić information content (AvgIpc) is 4.20. The third-order valence-corrected chi connectivity index (χ3v) is 17.6. The number of imidazole rings is 2. The number of aliphatic hydroxyl groups excluding tert-OH is 1. The Labute approximate surface area is 434 Å². The predicted molar refractivity (Wildman–Crippen MR) is 294 cm³/mol. The quantitative estimate of drug-likeness (QED) is 0.0946. The van der Waals surface area contributed by atoms with Crippen LogP contribution in [0.15, 0.2) is 169 Å². The zero-order valence-electron chi connectivity index (χ0n) is 42.5. The van der Waals surface area contributed by atoms with E-state index in [1.165, 1.54) is 5.57 Å². The summed E-state index contributed by atoms with van der Waals surface area (Å²) >= 11 is 0. The maximum Gasteiger partial charge on any atom is 0.260 e. The standard InChI is InChI=1S/C63H58N8O4/c1-36-27-41(59(73)65-43-17-13-15-39(30-43)57-66-50-21-9-10-22-51(50)67-57)25-26-46(36)60(74)70(45-20-14-16-40(31-45)58-68-52-23-11-12-24-53(52)69-58)63(75)38(3)29-49-47-28-37(2)48-32-54-42(35-64-71(54)44-18-7-6-8-19-44)33-61(48,4)56(47)55(72)34-62(49,63)5/h6-28,30-32,35,38,47,49,55-56,72,75H,29,33-34H2,1-5H3,(H,65,73)(H,66,67)(H,68,69). The Balaban J connectivity index is 0.865. The van der Waals surface area contributed by atoms with E-state index in [0.717, 1.165) is 62.1 Å². The molecular formula is C63H58N8O4. The van der Waals surface area contributed by atoms with Crippen LogP contribution >= 0.6 is 0 Å². The van der Waals surface area contributed by atoms with E-state index in [1.54, 1.807) is 23.1 Å². The molecule has 0 saturated heterocycles. The summed E-state index contributed by atoms with van der Waals surface area (Å²) in [5.41, 5.74) is 9.85. The van der Waals surface area contributed by atoms with Crippen molar-refractivity contribution in [3.05, 3.63) is 197 Å². The van der Waals surface area contributed by atoms with E-state index >= 15 is 4.79 Å². The zero-order valence-corrected chi connectivity index (χ0v) is 42.5. The van der Waals surface area contributed by atoms with Crippen LogP contribution < -0.4 is 10.2 Å². The lowest BCUT2D eigenvalue weighted by Gasteiger charge is -2.61. The number of benzene rings is 6. The van der Waals surface area contributed by atoms with Crippen LogP contribution in [-0.2, 0) is 6.42 Å². The number of carbonyl (C=O) groups excluding carboxylic acids is 2. The monoisotopic (exact) mass is 990 g/mol. The summed E-state index contributed by atoms with van der Waals surface area (Å²) in [6.45, 7) is 10.5. The number of hydrogen-bond donors (Lipinski definition) is 5. The molecule has 13 rings (SSSR count). The molecule has 0 radical (unpaired) electrons. The number of para-hydroxylation sites is 5. The van der Waals surface area contributed by atoms with Gasteiger partial charge in [0.05, 0.1) is 45.7 Å². The number of aryl methyl sites for hydroxylation is 1. The van der Waals surface area contributed by atoms with E-state index in [-0.39, 0.29) is 30.1 Å². The van der Waals surface area contributed by atoms with Crippen molar-refractivity contribution in [2.45, 2.75) is 65.7 Å². The Kier molecular flexibility index (Phi) is 10.7. The Morgan fingerprint density at radius 3 is 2.15 bits per heavy atom. The Hall–Kier alpha value is -8.19. The van der Waals surface area contributed by atoms with Crippen molar-refractivity contribution in [3.8, 4) is 28.5 Å². The van der Waals surface area contributed by atoms with Gasteiger partial charge >= 0.3 is 0 Å². The summed E-state index contributed by atoms with van der Waals surface area (Å²) in [7, 11) is 0.